The first-order valence-electron chi connectivity index (χ1n) is 10.5. The van der Waals surface area contributed by atoms with Gasteiger partial charge in [0.15, 0.2) is 11.4 Å². The lowest BCUT2D eigenvalue weighted by Gasteiger charge is -2.48. The molecule has 6 nitrogen and oxygen atoms in total. The smallest absolute Gasteiger partial charge is 0.334 e. The molecule has 0 aliphatic heterocycles. The predicted molar refractivity (Wildman–Crippen MR) is 118 cm³/mol. The summed E-state index contributed by atoms with van der Waals surface area (Å²) in [5.74, 6) is -2.51. The van der Waals surface area contributed by atoms with E-state index in [0.29, 0.717) is 11.5 Å². The predicted octanol–water partition coefficient (Wildman–Crippen LogP) is 3.93. The van der Waals surface area contributed by atoms with Crippen molar-refractivity contribution in [3.63, 3.8) is 0 Å². The Labute approximate surface area is 183 Å². The van der Waals surface area contributed by atoms with Crippen LogP contribution in [0, 0.1) is 17.3 Å². The van der Waals surface area contributed by atoms with E-state index >= 15 is 0 Å². The average molecular weight is 429 g/mol. The molecule has 0 fully saturated rings. The molecule has 0 aromatic carbocycles. The monoisotopic (exact) mass is 428 g/mol. The van der Waals surface area contributed by atoms with E-state index in [1.807, 2.05) is 20.8 Å². The number of aliphatic hydroxyl groups is 1. The van der Waals surface area contributed by atoms with Crippen molar-refractivity contribution >= 4 is 17.7 Å². The number of carbonyl (C=O) groups excluding carboxylic acids is 2. The Kier molecular flexibility index (Phi) is 7.27. The summed E-state index contributed by atoms with van der Waals surface area (Å²) in [6.45, 7) is 13.2. The number of carbonyl (C=O) groups is 3. The molecule has 0 aromatic rings. The molecule has 2 N–H and O–H groups in total. The van der Waals surface area contributed by atoms with Crippen LogP contribution in [-0.4, -0.2) is 39.6 Å². The van der Waals surface area contributed by atoms with Gasteiger partial charge in [0, 0.05) is 17.4 Å². The van der Waals surface area contributed by atoms with E-state index in [1.54, 1.807) is 18.2 Å². The van der Waals surface area contributed by atoms with Crippen LogP contribution in [0.1, 0.15) is 47.5 Å². The highest BCUT2D eigenvalue weighted by molar-refractivity contribution is 6.08. The Morgan fingerprint density at radius 1 is 1.39 bits per heavy atom. The number of aliphatic carboxylic acids is 1. The molecule has 0 aromatic heterocycles. The lowest BCUT2D eigenvalue weighted by atomic mass is 9.57. The summed E-state index contributed by atoms with van der Waals surface area (Å²) in [6.07, 6.45) is 10.1. The van der Waals surface area contributed by atoms with E-state index in [9.17, 15) is 24.6 Å². The van der Waals surface area contributed by atoms with Crippen molar-refractivity contribution in [2.75, 3.05) is 0 Å². The Bertz CT molecular complexity index is 905. The lowest BCUT2D eigenvalue weighted by Crippen LogP contribution is -2.53. The molecular formula is C25H32O6. The van der Waals surface area contributed by atoms with E-state index in [0.717, 1.165) is 12.0 Å². The number of fused-ring (bicyclic) bond motifs is 1. The Hall–Kier alpha value is -2.73. The number of ether oxygens (including phenoxy) is 1. The topological polar surface area (TPSA) is 101 Å². The quantitative estimate of drug-likeness (QED) is 0.362. The third-order valence-corrected chi connectivity index (χ3v) is 6.62. The zero-order chi connectivity index (χ0) is 23.6. The van der Waals surface area contributed by atoms with Gasteiger partial charge in [-0.25, -0.2) is 9.59 Å². The first kappa shape index (κ1) is 24.5. The molecule has 5 unspecified atom stereocenters. The van der Waals surface area contributed by atoms with E-state index in [2.05, 4.69) is 26.5 Å². The maximum absolute atomic E-state index is 12.5. The molecule has 168 valence electrons. The fraction of sp³-hybridized carbons (Fsp3) is 0.480. The number of hydrogen-bond donors (Lipinski definition) is 2. The third-order valence-electron chi connectivity index (χ3n) is 6.62. The van der Waals surface area contributed by atoms with Gasteiger partial charge in [-0.05, 0) is 37.0 Å². The van der Waals surface area contributed by atoms with Crippen LogP contribution in [0.2, 0.25) is 0 Å². The Morgan fingerprint density at radius 3 is 2.61 bits per heavy atom. The van der Waals surface area contributed by atoms with Crippen molar-refractivity contribution in [1.29, 1.82) is 0 Å². The molecule has 0 spiro atoms. The minimum absolute atomic E-state index is 0.151. The number of carboxylic acids is 1. The second kappa shape index (κ2) is 9.18. The molecule has 31 heavy (non-hydrogen) atoms. The maximum Gasteiger partial charge on any atom is 0.334 e. The summed E-state index contributed by atoms with van der Waals surface area (Å²) >= 11 is 0. The summed E-state index contributed by atoms with van der Waals surface area (Å²) in [5.41, 5.74) is -1.90. The Morgan fingerprint density at radius 2 is 2.03 bits per heavy atom. The van der Waals surface area contributed by atoms with E-state index < -0.39 is 40.4 Å². The van der Waals surface area contributed by atoms with Crippen LogP contribution in [0.5, 0.6) is 0 Å². The van der Waals surface area contributed by atoms with Crippen LogP contribution in [0.4, 0.5) is 0 Å². The van der Waals surface area contributed by atoms with Crippen molar-refractivity contribution in [3.8, 4) is 0 Å². The first-order valence-corrected chi connectivity index (χ1v) is 10.5. The number of rotatable bonds is 7. The number of allylic oxidation sites excluding steroid dienone is 5. The van der Waals surface area contributed by atoms with Gasteiger partial charge >= 0.3 is 11.9 Å². The molecule has 6 heteroatoms. The molecule has 0 bridgehead atoms. The van der Waals surface area contributed by atoms with E-state index in [1.165, 1.54) is 12.2 Å². The molecule has 0 amide bonds. The van der Waals surface area contributed by atoms with Gasteiger partial charge in [0.05, 0.1) is 5.57 Å². The highest BCUT2D eigenvalue weighted by atomic mass is 16.5. The van der Waals surface area contributed by atoms with Crippen molar-refractivity contribution in [2.24, 2.45) is 17.3 Å². The fourth-order valence-corrected chi connectivity index (χ4v) is 4.10. The molecule has 0 saturated heterocycles. The van der Waals surface area contributed by atoms with Crippen LogP contribution < -0.4 is 0 Å². The first-order chi connectivity index (χ1) is 14.3. The number of hydrogen-bond acceptors (Lipinski definition) is 5. The van der Waals surface area contributed by atoms with Gasteiger partial charge in [0.1, 0.15) is 6.10 Å². The zero-order valence-electron chi connectivity index (χ0n) is 18.8. The Balaban J connectivity index is 2.23. The zero-order valence-corrected chi connectivity index (χ0v) is 18.8. The summed E-state index contributed by atoms with van der Waals surface area (Å²) in [7, 11) is 0. The average Bonchev–Trinajstić information content (AvgIpc) is 2.70. The number of carboxylic acid groups (broad SMARTS) is 1. The molecule has 2 rings (SSSR count). The molecule has 5 atom stereocenters. The van der Waals surface area contributed by atoms with Crippen LogP contribution in [-0.2, 0) is 19.1 Å². The fourth-order valence-electron chi connectivity index (χ4n) is 4.10. The van der Waals surface area contributed by atoms with Crippen molar-refractivity contribution in [2.45, 2.75) is 59.2 Å². The second-order valence-corrected chi connectivity index (χ2v) is 8.88. The van der Waals surface area contributed by atoms with Crippen LogP contribution in [0.25, 0.3) is 0 Å². The van der Waals surface area contributed by atoms with Gasteiger partial charge in [-0.3, -0.25) is 4.79 Å². The summed E-state index contributed by atoms with van der Waals surface area (Å²) in [5, 5.41) is 20.2. The molecule has 2 aliphatic rings. The SMILES string of the molecule is C=C(C(=O)O)C1(O)CC2(C)C(=CC1=O)C=CC(OC(=O)C=CC(C)=CC(C)CC)C2C. The standard InChI is InChI=1S/C25H32O6/c1-7-15(2)12-16(3)8-11-22(27)31-20-10-9-19-13-21(26)25(30,18(5)23(28)29)14-24(19,6)17(20)4/h8-13,15,17,20,30H,5,7,14H2,1-4,6H3,(H,28,29). The lowest BCUT2D eigenvalue weighted by molar-refractivity contribution is -0.148. The summed E-state index contributed by atoms with van der Waals surface area (Å²) in [6, 6.07) is 0. The van der Waals surface area contributed by atoms with Crippen molar-refractivity contribution < 1.29 is 29.3 Å². The number of ketones is 1. The highest BCUT2D eigenvalue weighted by Crippen LogP contribution is 2.52. The van der Waals surface area contributed by atoms with Crippen molar-refractivity contribution in [3.05, 3.63) is 59.8 Å². The second-order valence-electron chi connectivity index (χ2n) is 8.88. The number of esters is 1. The minimum atomic E-state index is -2.20. The van der Waals surface area contributed by atoms with Crippen LogP contribution in [0.15, 0.2) is 59.8 Å². The van der Waals surface area contributed by atoms with Gasteiger partial charge in [-0.2, -0.15) is 0 Å². The normalized spacial score (nSPS) is 31.7. The van der Waals surface area contributed by atoms with Crippen molar-refractivity contribution in [1.82, 2.24) is 0 Å². The van der Waals surface area contributed by atoms with Crippen LogP contribution >= 0.6 is 0 Å². The summed E-state index contributed by atoms with van der Waals surface area (Å²) in [4.78, 5) is 36.3. The molecule has 2 aliphatic carbocycles. The van der Waals surface area contributed by atoms with Gasteiger partial charge in [0.2, 0.25) is 0 Å². The largest absolute Gasteiger partial charge is 0.478 e. The molecular weight excluding hydrogens is 396 g/mol. The molecule has 0 heterocycles. The van der Waals surface area contributed by atoms with Gasteiger partial charge < -0.3 is 14.9 Å². The van der Waals surface area contributed by atoms with E-state index in [4.69, 9.17) is 4.74 Å². The van der Waals surface area contributed by atoms with Gasteiger partial charge in [0.25, 0.3) is 0 Å². The summed E-state index contributed by atoms with van der Waals surface area (Å²) < 4.78 is 5.63. The van der Waals surface area contributed by atoms with Gasteiger partial charge in [-0.15, -0.1) is 0 Å². The maximum atomic E-state index is 12.5. The highest BCUT2D eigenvalue weighted by Gasteiger charge is 2.54. The third kappa shape index (κ3) is 4.96. The van der Waals surface area contributed by atoms with E-state index in [-0.39, 0.29) is 12.3 Å². The van der Waals surface area contributed by atoms with Gasteiger partial charge in [-0.1, -0.05) is 64.5 Å². The molecule has 0 saturated carbocycles. The minimum Gasteiger partial charge on any atom is -0.478 e. The molecule has 0 radical (unpaired) electrons. The van der Waals surface area contributed by atoms with Crippen LogP contribution in [0.3, 0.4) is 0 Å².